The molecule has 198 valence electrons. The number of aromatic nitrogens is 3. The number of fused-ring (bicyclic) bond motifs is 1. The maximum atomic E-state index is 13.6. The number of aliphatic hydroxyl groups is 1. The minimum absolute atomic E-state index is 0.156. The van der Waals surface area contributed by atoms with Crippen molar-refractivity contribution in [2.75, 3.05) is 6.61 Å². The first-order chi connectivity index (χ1) is 18.4. The molecule has 1 saturated carbocycles. The summed E-state index contributed by atoms with van der Waals surface area (Å²) in [6.45, 7) is 4.10. The van der Waals surface area contributed by atoms with Gasteiger partial charge in [-0.2, -0.15) is 5.10 Å². The van der Waals surface area contributed by atoms with Gasteiger partial charge in [0.2, 0.25) is 0 Å². The number of aliphatic hydroxyl groups excluding tert-OH is 1. The van der Waals surface area contributed by atoms with E-state index in [-0.39, 0.29) is 24.6 Å². The van der Waals surface area contributed by atoms with Crippen molar-refractivity contribution in [2.45, 2.75) is 71.4 Å². The second kappa shape index (κ2) is 11.4. The molecule has 0 spiro atoms. The first kappa shape index (κ1) is 25.9. The molecule has 1 aliphatic carbocycles. The molecule has 7 heteroatoms. The number of H-pyrrole nitrogens is 1. The largest absolute Gasteiger partial charge is 0.396 e. The Hall–Kier alpha value is -3.71. The molecule has 38 heavy (non-hydrogen) atoms. The molecule has 1 fully saturated rings. The van der Waals surface area contributed by atoms with Gasteiger partial charge in [-0.25, -0.2) is 0 Å². The van der Waals surface area contributed by atoms with Gasteiger partial charge in [-0.15, -0.1) is 0 Å². The third-order valence-corrected chi connectivity index (χ3v) is 7.68. The summed E-state index contributed by atoms with van der Waals surface area (Å²) in [4.78, 5) is 28.9. The van der Waals surface area contributed by atoms with Crippen LogP contribution >= 0.6 is 0 Å². The van der Waals surface area contributed by atoms with Crippen LogP contribution in [-0.4, -0.2) is 32.4 Å². The summed E-state index contributed by atoms with van der Waals surface area (Å²) in [7, 11) is 0. The topological polar surface area (TPSA) is 100 Å². The Morgan fingerprint density at radius 2 is 1.92 bits per heavy atom. The van der Waals surface area contributed by atoms with Gasteiger partial charge >= 0.3 is 0 Å². The van der Waals surface area contributed by atoms with Crippen LogP contribution in [0.1, 0.15) is 77.3 Å². The zero-order chi connectivity index (χ0) is 26.6. The number of amides is 1. The lowest BCUT2D eigenvalue weighted by Crippen LogP contribution is -2.28. The molecule has 0 atom stereocenters. The number of nitrogens with zero attached hydrogens (tertiary/aromatic N) is 2. The lowest BCUT2D eigenvalue weighted by Gasteiger charge is -2.14. The number of aromatic amines is 1. The standard InChI is InChI=1S/C31H36N4O3/c1-20-14-21(2)34-31(38)27(20)18-32-30(37)26-16-24(23-10-7-9-22(15-23)8-5-6-13-36)17-29-28(26)19-33-35(29)25-11-3-4-12-25/h7,9-10,14-17,19,25,36H,3-6,8,11-13,18H2,1-2H3,(H,32,37)(H,34,38). The van der Waals surface area contributed by atoms with Crippen molar-refractivity contribution < 1.29 is 9.90 Å². The van der Waals surface area contributed by atoms with E-state index < -0.39 is 0 Å². The maximum Gasteiger partial charge on any atom is 0.253 e. The van der Waals surface area contributed by atoms with Gasteiger partial charge in [-0.1, -0.05) is 37.1 Å². The van der Waals surface area contributed by atoms with Crippen LogP contribution in [0.2, 0.25) is 0 Å². The highest BCUT2D eigenvalue weighted by Crippen LogP contribution is 2.35. The summed E-state index contributed by atoms with van der Waals surface area (Å²) >= 11 is 0. The first-order valence-corrected chi connectivity index (χ1v) is 13.6. The molecular formula is C31H36N4O3. The van der Waals surface area contributed by atoms with Crippen LogP contribution in [0.4, 0.5) is 0 Å². The van der Waals surface area contributed by atoms with E-state index in [4.69, 9.17) is 10.2 Å². The second-order valence-electron chi connectivity index (χ2n) is 10.5. The maximum absolute atomic E-state index is 13.6. The van der Waals surface area contributed by atoms with Gasteiger partial charge in [0.05, 0.1) is 23.3 Å². The number of unbranched alkanes of at least 4 members (excludes halogenated alkanes) is 1. The van der Waals surface area contributed by atoms with E-state index in [1.54, 1.807) is 0 Å². The summed E-state index contributed by atoms with van der Waals surface area (Å²) < 4.78 is 2.10. The quantitative estimate of drug-likeness (QED) is 0.263. The molecular weight excluding hydrogens is 476 g/mol. The van der Waals surface area contributed by atoms with Gasteiger partial charge in [-0.3, -0.25) is 14.3 Å². The number of benzene rings is 2. The fourth-order valence-electron chi connectivity index (χ4n) is 5.65. The molecule has 0 saturated heterocycles. The highest BCUT2D eigenvalue weighted by atomic mass is 16.3. The summed E-state index contributed by atoms with van der Waals surface area (Å²) in [6.07, 6.45) is 8.99. The molecule has 0 bridgehead atoms. The van der Waals surface area contributed by atoms with Crippen LogP contribution in [0.5, 0.6) is 0 Å². The van der Waals surface area contributed by atoms with Crippen molar-refractivity contribution in [2.24, 2.45) is 0 Å². The van der Waals surface area contributed by atoms with E-state index in [2.05, 4.69) is 39.2 Å². The Balaban J connectivity index is 1.52. The Morgan fingerprint density at radius 3 is 2.68 bits per heavy atom. The highest BCUT2D eigenvalue weighted by molar-refractivity contribution is 6.08. The average Bonchev–Trinajstić information content (AvgIpc) is 3.58. The molecule has 1 amide bonds. The Bertz CT molecular complexity index is 1510. The fraction of sp³-hybridized carbons (Fsp3) is 0.387. The van der Waals surface area contributed by atoms with Gasteiger partial charge in [-0.05, 0) is 86.4 Å². The molecule has 0 aliphatic heterocycles. The molecule has 4 aromatic rings. The van der Waals surface area contributed by atoms with E-state index in [1.165, 1.54) is 18.4 Å². The average molecular weight is 513 g/mol. The number of carbonyl (C=O) groups excluding carboxylic acids is 1. The molecule has 2 heterocycles. The lowest BCUT2D eigenvalue weighted by molar-refractivity contribution is 0.0952. The number of aryl methyl sites for hydroxylation is 3. The number of hydrogen-bond acceptors (Lipinski definition) is 4. The zero-order valence-corrected chi connectivity index (χ0v) is 22.2. The minimum Gasteiger partial charge on any atom is -0.396 e. The van der Waals surface area contributed by atoms with Gasteiger partial charge in [0.25, 0.3) is 11.5 Å². The number of rotatable bonds is 9. The molecule has 0 unspecified atom stereocenters. The van der Waals surface area contributed by atoms with Gasteiger partial charge < -0.3 is 15.4 Å². The lowest BCUT2D eigenvalue weighted by atomic mass is 9.97. The Kier molecular flexibility index (Phi) is 7.74. The van der Waals surface area contributed by atoms with Crippen LogP contribution in [0.15, 0.2) is 53.5 Å². The second-order valence-corrected chi connectivity index (χ2v) is 10.5. The predicted octanol–water partition coefficient (Wildman–Crippen LogP) is 5.37. The third-order valence-electron chi connectivity index (χ3n) is 7.68. The van der Waals surface area contributed by atoms with E-state index in [0.717, 1.165) is 65.4 Å². The number of carbonyl (C=O) groups is 1. The zero-order valence-electron chi connectivity index (χ0n) is 22.2. The summed E-state index contributed by atoms with van der Waals surface area (Å²) in [5, 5.41) is 17.7. The van der Waals surface area contributed by atoms with Crippen molar-refractivity contribution in [3.05, 3.63) is 87.0 Å². The predicted molar refractivity (Wildman–Crippen MR) is 150 cm³/mol. The molecule has 3 N–H and O–H groups in total. The van der Waals surface area contributed by atoms with E-state index >= 15 is 0 Å². The Labute approximate surface area is 222 Å². The van der Waals surface area contributed by atoms with Gasteiger partial charge in [0, 0.05) is 29.8 Å². The molecule has 7 nitrogen and oxygen atoms in total. The van der Waals surface area contributed by atoms with Gasteiger partial charge in [0.15, 0.2) is 0 Å². The van der Waals surface area contributed by atoms with Crippen molar-refractivity contribution in [1.82, 2.24) is 20.1 Å². The number of nitrogens with one attached hydrogen (secondary N) is 2. The van der Waals surface area contributed by atoms with Crippen LogP contribution in [-0.2, 0) is 13.0 Å². The van der Waals surface area contributed by atoms with Crippen LogP contribution in [0, 0.1) is 13.8 Å². The minimum atomic E-state index is -0.221. The third kappa shape index (κ3) is 5.43. The SMILES string of the molecule is Cc1cc(C)c(CNC(=O)c2cc(-c3cccc(CCCCO)c3)cc3c2cnn3C2CCCC2)c(=O)[nH]1. The molecule has 2 aromatic heterocycles. The van der Waals surface area contributed by atoms with Crippen LogP contribution in [0.3, 0.4) is 0 Å². The fourth-order valence-corrected chi connectivity index (χ4v) is 5.65. The monoisotopic (exact) mass is 512 g/mol. The molecule has 2 aromatic carbocycles. The van der Waals surface area contributed by atoms with Crippen molar-refractivity contribution in [1.29, 1.82) is 0 Å². The van der Waals surface area contributed by atoms with E-state index in [9.17, 15) is 9.59 Å². The van der Waals surface area contributed by atoms with Crippen LogP contribution < -0.4 is 10.9 Å². The number of hydrogen-bond donors (Lipinski definition) is 3. The Morgan fingerprint density at radius 1 is 1.11 bits per heavy atom. The summed E-state index contributed by atoms with van der Waals surface area (Å²) in [6, 6.07) is 14.8. The van der Waals surface area contributed by atoms with Crippen molar-refractivity contribution in [3.63, 3.8) is 0 Å². The first-order valence-electron chi connectivity index (χ1n) is 13.6. The van der Waals surface area contributed by atoms with Crippen LogP contribution in [0.25, 0.3) is 22.0 Å². The summed E-state index contributed by atoms with van der Waals surface area (Å²) in [5.74, 6) is -0.221. The molecule has 0 radical (unpaired) electrons. The number of pyridine rings is 1. The molecule has 5 rings (SSSR count). The van der Waals surface area contributed by atoms with Gasteiger partial charge in [0.1, 0.15) is 0 Å². The normalized spacial score (nSPS) is 13.9. The van der Waals surface area contributed by atoms with E-state index in [0.29, 0.717) is 17.2 Å². The van der Waals surface area contributed by atoms with E-state index in [1.807, 2.05) is 38.2 Å². The van der Waals surface area contributed by atoms with Crippen molar-refractivity contribution in [3.8, 4) is 11.1 Å². The smallest absolute Gasteiger partial charge is 0.253 e. The highest BCUT2D eigenvalue weighted by Gasteiger charge is 2.23. The summed E-state index contributed by atoms with van der Waals surface area (Å²) in [5.41, 5.74) is 6.81. The van der Waals surface area contributed by atoms with Crippen molar-refractivity contribution >= 4 is 16.8 Å². The molecule has 1 aliphatic rings.